The van der Waals surface area contributed by atoms with Crippen LogP contribution in [0.1, 0.15) is 26.7 Å². The van der Waals surface area contributed by atoms with Crippen molar-refractivity contribution < 1.29 is 33.7 Å². The van der Waals surface area contributed by atoms with E-state index in [0.29, 0.717) is 5.57 Å². The Labute approximate surface area is 135 Å². The van der Waals surface area contributed by atoms with Gasteiger partial charge in [0.1, 0.15) is 6.61 Å². The quantitative estimate of drug-likeness (QED) is 0.293. The van der Waals surface area contributed by atoms with Crippen molar-refractivity contribution in [3.63, 3.8) is 0 Å². The van der Waals surface area contributed by atoms with E-state index in [1.165, 1.54) is 33.3 Å². The second-order valence-corrected chi connectivity index (χ2v) is 4.96. The molecule has 0 aromatic carbocycles. The van der Waals surface area contributed by atoms with Crippen LogP contribution in [0, 0.1) is 5.41 Å². The van der Waals surface area contributed by atoms with Crippen LogP contribution in [0.25, 0.3) is 0 Å². The van der Waals surface area contributed by atoms with Crippen LogP contribution < -0.4 is 0 Å². The van der Waals surface area contributed by atoms with Gasteiger partial charge in [0.15, 0.2) is 5.41 Å². The van der Waals surface area contributed by atoms with Crippen molar-refractivity contribution >= 4 is 17.9 Å². The molecule has 0 aromatic rings. The molecule has 0 unspecified atom stereocenters. The van der Waals surface area contributed by atoms with E-state index in [0.717, 1.165) is 0 Å². The van der Waals surface area contributed by atoms with Gasteiger partial charge in [0.2, 0.25) is 0 Å². The predicted molar refractivity (Wildman–Crippen MR) is 82.3 cm³/mol. The molecule has 0 aliphatic rings. The molecule has 0 atom stereocenters. The van der Waals surface area contributed by atoms with Crippen LogP contribution in [-0.4, -0.2) is 50.4 Å². The maximum absolute atomic E-state index is 12.2. The Bertz CT molecular complexity index is 461. The molecular formula is C16H24O7. The van der Waals surface area contributed by atoms with Crippen LogP contribution in [0.5, 0.6) is 0 Å². The lowest BCUT2D eigenvalue weighted by Gasteiger charge is -2.26. The van der Waals surface area contributed by atoms with Gasteiger partial charge in [-0.2, -0.15) is 0 Å². The number of hydrogen-bond donors (Lipinski definition) is 1. The topological polar surface area (TPSA) is 99.1 Å². The lowest BCUT2D eigenvalue weighted by atomic mass is 9.80. The first-order chi connectivity index (χ1) is 10.8. The van der Waals surface area contributed by atoms with Gasteiger partial charge in [0.25, 0.3) is 0 Å². The van der Waals surface area contributed by atoms with Crippen LogP contribution >= 0.6 is 0 Å². The first-order valence-corrected chi connectivity index (χ1v) is 7.05. The van der Waals surface area contributed by atoms with Crippen molar-refractivity contribution in [2.75, 3.05) is 27.4 Å². The van der Waals surface area contributed by atoms with E-state index < -0.39 is 23.3 Å². The normalized spacial score (nSPS) is 12.1. The fourth-order valence-corrected chi connectivity index (χ4v) is 1.87. The van der Waals surface area contributed by atoms with Gasteiger partial charge in [-0.3, -0.25) is 14.4 Å². The molecule has 0 spiro atoms. The summed E-state index contributed by atoms with van der Waals surface area (Å²) in [5.41, 5.74) is -0.865. The molecule has 0 aromatic heterocycles. The molecule has 0 aliphatic carbocycles. The van der Waals surface area contributed by atoms with Gasteiger partial charge in [-0.1, -0.05) is 18.2 Å². The van der Waals surface area contributed by atoms with Crippen molar-refractivity contribution in [2.24, 2.45) is 5.41 Å². The van der Waals surface area contributed by atoms with Crippen molar-refractivity contribution in [3.05, 3.63) is 23.8 Å². The maximum atomic E-state index is 12.2. The number of aliphatic hydroxyl groups is 1. The van der Waals surface area contributed by atoms with Gasteiger partial charge >= 0.3 is 17.9 Å². The number of ether oxygens (including phenoxy) is 3. The number of aliphatic hydroxyl groups excluding tert-OH is 1. The molecule has 0 amide bonds. The molecule has 130 valence electrons. The summed E-state index contributed by atoms with van der Waals surface area (Å²) in [6.45, 7) is 2.87. The van der Waals surface area contributed by atoms with Crippen molar-refractivity contribution in [1.82, 2.24) is 0 Å². The second kappa shape index (κ2) is 10.6. The Morgan fingerprint density at radius 1 is 1.00 bits per heavy atom. The Balaban J connectivity index is 5.41. The number of methoxy groups -OCH3 is 2. The fourth-order valence-electron chi connectivity index (χ4n) is 1.87. The number of carbonyl (C=O) groups is 3. The number of carbonyl (C=O) groups excluding carboxylic acids is 3. The third-order valence-corrected chi connectivity index (χ3v) is 3.19. The van der Waals surface area contributed by atoms with Gasteiger partial charge in [0.05, 0.1) is 20.8 Å². The Morgan fingerprint density at radius 3 is 2.00 bits per heavy atom. The average molecular weight is 328 g/mol. The van der Waals surface area contributed by atoms with Crippen molar-refractivity contribution in [2.45, 2.75) is 26.7 Å². The number of hydrogen-bond acceptors (Lipinski definition) is 7. The molecule has 23 heavy (non-hydrogen) atoms. The Morgan fingerprint density at radius 2 is 1.57 bits per heavy atom. The predicted octanol–water partition coefficient (Wildman–Crippen LogP) is 1.16. The van der Waals surface area contributed by atoms with E-state index in [1.54, 1.807) is 13.0 Å². The second-order valence-electron chi connectivity index (χ2n) is 4.96. The summed E-state index contributed by atoms with van der Waals surface area (Å²) >= 11 is 0. The number of rotatable bonds is 9. The van der Waals surface area contributed by atoms with E-state index in [4.69, 9.17) is 19.3 Å². The Kier molecular flexibility index (Phi) is 9.57. The minimum absolute atomic E-state index is 0.0181. The molecule has 0 heterocycles. The maximum Gasteiger partial charge on any atom is 0.323 e. The van der Waals surface area contributed by atoms with E-state index in [2.05, 4.69) is 0 Å². The largest absolute Gasteiger partial charge is 0.468 e. The molecule has 7 heteroatoms. The molecule has 0 saturated carbocycles. The van der Waals surface area contributed by atoms with E-state index in [9.17, 15) is 14.4 Å². The van der Waals surface area contributed by atoms with Gasteiger partial charge in [-0.25, -0.2) is 0 Å². The highest BCUT2D eigenvalue weighted by Gasteiger charge is 2.46. The van der Waals surface area contributed by atoms with Gasteiger partial charge in [-0.05, 0) is 25.3 Å². The van der Waals surface area contributed by atoms with Crippen LogP contribution in [0.4, 0.5) is 0 Å². The van der Waals surface area contributed by atoms with Crippen molar-refractivity contribution in [3.8, 4) is 0 Å². The summed E-state index contributed by atoms with van der Waals surface area (Å²) in [7, 11) is 2.37. The first-order valence-electron chi connectivity index (χ1n) is 7.05. The fraction of sp³-hybridized carbons (Fsp3) is 0.562. The SMILES string of the molecule is COC(=O)C(C/C=C\CO)(C/C=C(\C)COC(C)=O)C(=O)OC. The van der Waals surface area contributed by atoms with Crippen LogP contribution in [0.2, 0.25) is 0 Å². The molecule has 0 fully saturated rings. The lowest BCUT2D eigenvalue weighted by molar-refractivity contribution is -0.168. The molecule has 0 rings (SSSR count). The minimum Gasteiger partial charge on any atom is -0.468 e. The lowest BCUT2D eigenvalue weighted by Crippen LogP contribution is -2.40. The molecule has 1 N–H and O–H groups in total. The summed E-state index contributed by atoms with van der Waals surface area (Å²) in [5, 5.41) is 8.82. The van der Waals surface area contributed by atoms with Crippen LogP contribution in [0.15, 0.2) is 23.8 Å². The molecule has 7 nitrogen and oxygen atoms in total. The van der Waals surface area contributed by atoms with Crippen LogP contribution in [0.3, 0.4) is 0 Å². The molecule has 0 saturated heterocycles. The van der Waals surface area contributed by atoms with Gasteiger partial charge in [-0.15, -0.1) is 0 Å². The molecular weight excluding hydrogens is 304 g/mol. The number of esters is 3. The van der Waals surface area contributed by atoms with Crippen molar-refractivity contribution in [1.29, 1.82) is 0 Å². The third-order valence-electron chi connectivity index (χ3n) is 3.19. The highest BCUT2D eigenvalue weighted by Crippen LogP contribution is 2.32. The summed E-state index contributed by atoms with van der Waals surface area (Å²) < 4.78 is 14.4. The molecule has 0 aliphatic heterocycles. The third kappa shape index (κ3) is 6.65. The van der Waals surface area contributed by atoms with Gasteiger partial charge in [0, 0.05) is 6.92 Å². The first kappa shape index (κ1) is 20.9. The minimum atomic E-state index is -1.55. The zero-order valence-corrected chi connectivity index (χ0v) is 14.0. The standard InChI is InChI=1S/C16H24O7/c1-12(11-23-13(2)18)7-9-16(14(19)21-3,15(20)22-4)8-5-6-10-17/h5-7,17H,8-11H2,1-4H3/b6-5-,12-7+. The van der Waals surface area contributed by atoms with Crippen LogP contribution in [-0.2, 0) is 28.6 Å². The van der Waals surface area contributed by atoms with Gasteiger partial charge < -0.3 is 19.3 Å². The zero-order valence-electron chi connectivity index (χ0n) is 14.0. The Hall–Kier alpha value is -2.15. The summed E-state index contributed by atoms with van der Waals surface area (Å²) in [4.78, 5) is 35.1. The molecule has 0 bridgehead atoms. The van der Waals surface area contributed by atoms with E-state index in [1.807, 2.05) is 0 Å². The highest BCUT2D eigenvalue weighted by molar-refractivity contribution is 6.00. The average Bonchev–Trinajstić information content (AvgIpc) is 2.54. The summed E-state index contributed by atoms with van der Waals surface area (Å²) in [5.74, 6) is -1.89. The monoisotopic (exact) mass is 328 g/mol. The zero-order chi connectivity index (χ0) is 17.9. The van der Waals surface area contributed by atoms with E-state index in [-0.39, 0.29) is 26.1 Å². The summed E-state index contributed by atoms with van der Waals surface area (Å²) in [6.07, 6.45) is 4.61. The summed E-state index contributed by atoms with van der Waals surface area (Å²) in [6, 6.07) is 0. The number of allylic oxidation sites excluding steroid dienone is 2. The molecule has 0 radical (unpaired) electrons. The van der Waals surface area contributed by atoms with E-state index >= 15 is 0 Å². The highest BCUT2D eigenvalue weighted by atomic mass is 16.5. The smallest absolute Gasteiger partial charge is 0.323 e.